The van der Waals surface area contributed by atoms with Crippen molar-refractivity contribution in [3.63, 3.8) is 0 Å². The molecule has 1 N–H and O–H groups in total. The highest BCUT2D eigenvalue weighted by Gasteiger charge is 2.42. The summed E-state index contributed by atoms with van der Waals surface area (Å²) in [6.45, 7) is 0.683. The molecule has 3 rings (SSSR count). The van der Waals surface area contributed by atoms with Crippen LogP contribution in [0.4, 0.5) is 0 Å². The van der Waals surface area contributed by atoms with Gasteiger partial charge >= 0.3 is 0 Å². The lowest BCUT2D eigenvalue weighted by atomic mass is 9.85. The topological polar surface area (TPSA) is 49.4 Å². The molecular weight excluding hydrogens is 240 g/mol. The number of nitrogens with zero attached hydrogens (tertiary/aromatic N) is 1. The maximum Gasteiger partial charge on any atom is 0.249 e. The molecule has 0 saturated carbocycles. The van der Waals surface area contributed by atoms with Gasteiger partial charge in [-0.2, -0.15) is 0 Å². The van der Waals surface area contributed by atoms with Crippen molar-refractivity contribution in [3.05, 3.63) is 47.7 Å². The quantitative estimate of drug-likeness (QED) is 0.875. The predicted molar refractivity (Wildman–Crippen MR) is 71.0 cm³/mol. The van der Waals surface area contributed by atoms with Gasteiger partial charge in [0.05, 0.1) is 5.92 Å². The average Bonchev–Trinajstić information content (AvgIpc) is 2.64. The van der Waals surface area contributed by atoms with E-state index in [1.807, 2.05) is 37.4 Å². The summed E-state index contributed by atoms with van der Waals surface area (Å²) in [7, 11) is 1.82. The molecule has 1 aromatic rings. The van der Waals surface area contributed by atoms with Gasteiger partial charge in [0.25, 0.3) is 0 Å². The van der Waals surface area contributed by atoms with Crippen LogP contribution in [0.3, 0.4) is 0 Å². The first kappa shape index (κ1) is 12.0. The highest BCUT2D eigenvalue weighted by Crippen LogP contribution is 2.33. The Morgan fingerprint density at radius 1 is 1.26 bits per heavy atom. The molecule has 0 spiro atoms. The molecule has 0 aliphatic carbocycles. The molecule has 2 unspecified atom stereocenters. The lowest BCUT2D eigenvalue weighted by Gasteiger charge is -2.25. The van der Waals surface area contributed by atoms with Crippen LogP contribution >= 0.6 is 0 Å². The Morgan fingerprint density at radius 3 is 2.58 bits per heavy atom. The van der Waals surface area contributed by atoms with E-state index in [2.05, 4.69) is 5.32 Å². The first-order valence-corrected chi connectivity index (χ1v) is 6.46. The Hall–Kier alpha value is -2.10. The zero-order valence-electron chi connectivity index (χ0n) is 10.8. The van der Waals surface area contributed by atoms with Crippen LogP contribution in [-0.2, 0) is 16.0 Å². The number of benzene rings is 1. The SMILES string of the molecule is CN1CC(C2=CC(=O)N2)C(Cc2ccccc2)C1=O. The minimum atomic E-state index is -0.0701. The van der Waals surface area contributed by atoms with Gasteiger partial charge in [-0.05, 0) is 12.0 Å². The van der Waals surface area contributed by atoms with Gasteiger partial charge in [-0.25, -0.2) is 0 Å². The van der Waals surface area contributed by atoms with Crippen molar-refractivity contribution in [1.82, 2.24) is 10.2 Å². The number of nitrogens with one attached hydrogen (secondary N) is 1. The third-order valence-corrected chi connectivity index (χ3v) is 3.90. The van der Waals surface area contributed by atoms with Crippen molar-refractivity contribution in [1.29, 1.82) is 0 Å². The van der Waals surface area contributed by atoms with E-state index in [1.165, 1.54) is 0 Å². The molecule has 1 saturated heterocycles. The minimum Gasteiger partial charge on any atom is -0.345 e. The molecule has 4 nitrogen and oxygen atoms in total. The lowest BCUT2D eigenvalue weighted by molar-refractivity contribution is -0.130. The van der Waals surface area contributed by atoms with Crippen LogP contribution in [0.1, 0.15) is 5.56 Å². The van der Waals surface area contributed by atoms with Crippen molar-refractivity contribution < 1.29 is 9.59 Å². The summed E-state index contributed by atoms with van der Waals surface area (Å²) in [6.07, 6.45) is 2.33. The maximum atomic E-state index is 12.2. The van der Waals surface area contributed by atoms with Gasteiger partial charge in [0.2, 0.25) is 11.8 Å². The largest absolute Gasteiger partial charge is 0.345 e. The van der Waals surface area contributed by atoms with Crippen LogP contribution in [-0.4, -0.2) is 30.3 Å². The molecule has 2 aliphatic rings. The van der Waals surface area contributed by atoms with Crippen LogP contribution in [0.5, 0.6) is 0 Å². The Kier molecular flexibility index (Phi) is 2.85. The highest BCUT2D eigenvalue weighted by molar-refractivity contribution is 5.96. The summed E-state index contributed by atoms with van der Waals surface area (Å²) in [5, 5.41) is 2.78. The Morgan fingerprint density at radius 2 is 1.95 bits per heavy atom. The molecule has 0 radical (unpaired) electrons. The summed E-state index contributed by atoms with van der Waals surface area (Å²) in [5.41, 5.74) is 2.07. The van der Waals surface area contributed by atoms with Gasteiger partial charge in [0.15, 0.2) is 0 Å². The first-order chi connectivity index (χ1) is 9.15. The number of rotatable bonds is 3. The fourth-order valence-corrected chi connectivity index (χ4v) is 2.86. The second-order valence-electron chi connectivity index (χ2n) is 5.21. The van der Waals surface area contributed by atoms with E-state index in [1.54, 1.807) is 11.0 Å². The fourth-order valence-electron chi connectivity index (χ4n) is 2.86. The Bertz CT molecular complexity index is 551. The molecule has 2 heterocycles. The zero-order valence-corrected chi connectivity index (χ0v) is 10.8. The van der Waals surface area contributed by atoms with Crippen LogP contribution in [0, 0.1) is 11.8 Å². The average molecular weight is 256 g/mol. The van der Waals surface area contributed by atoms with E-state index in [0.29, 0.717) is 6.54 Å². The van der Waals surface area contributed by atoms with Crippen molar-refractivity contribution in [2.75, 3.05) is 13.6 Å². The molecule has 19 heavy (non-hydrogen) atoms. The molecule has 98 valence electrons. The van der Waals surface area contributed by atoms with Crippen molar-refractivity contribution in [2.24, 2.45) is 11.8 Å². The number of carbonyl (C=O) groups is 2. The lowest BCUT2D eigenvalue weighted by Crippen LogP contribution is -2.38. The molecule has 1 aromatic carbocycles. The van der Waals surface area contributed by atoms with Gasteiger partial charge in [-0.1, -0.05) is 30.3 Å². The molecule has 2 amide bonds. The highest BCUT2D eigenvalue weighted by atomic mass is 16.2. The van der Waals surface area contributed by atoms with Crippen LogP contribution < -0.4 is 5.32 Å². The van der Waals surface area contributed by atoms with Crippen molar-refractivity contribution in [3.8, 4) is 0 Å². The molecule has 2 aliphatic heterocycles. The number of carbonyl (C=O) groups excluding carboxylic acids is 2. The zero-order chi connectivity index (χ0) is 13.4. The van der Waals surface area contributed by atoms with Crippen molar-refractivity contribution >= 4 is 11.8 Å². The summed E-state index contributed by atoms with van der Waals surface area (Å²) in [4.78, 5) is 25.0. The van der Waals surface area contributed by atoms with E-state index in [0.717, 1.165) is 17.7 Å². The van der Waals surface area contributed by atoms with Gasteiger partial charge in [-0.3, -0.25) is 9.59 Å². The van der Waals surface area contributed by atoms with Gasteiger partial charge in [0, 0.05) is 31.3 Å². The third kappa shape index (κ3) is 2.14. The van der Waals surface area contributed by atoms with E-state index >= 15 is 0 Å². The molecule has 2 atom stereocenters. The summed E-state index contributed by atoms with van der Waals surface area (Å²) >= 11 is 0. The van der Waals surface area contributed by atoms with E-state index in [4.69, 9.17) is 0 Å². The van der Waals surface area contributed by atoms with Crippen LogP contribution in [0.15, 0.2) is 42.1 Å². The maximum absolute atomic E-state index is 12.2. The van der Waals surface area contributed by atoms with E-state index < -0.39 is 0 Å². The number of likely N-dealkylation sites (tertiary alicyclic amines) is 1. The van der Waals surface area contributed by atoms with Gasteiger partial charge < -0.3 is 10.2 Å². The summed E-state index contributed by atoms with van der Waals surface area (Å²) < 4.78 is 0. The van der Waals surface area contributed by atoms with E-state index in [-0.39, 0.29) is 23.7 Å². The Balaban J connectivity index is 1.82. The Labute approximate surface area is 112 Å². The number of amides is 2. The number of hydrogen-bond donors (Lipinski definition) is 1. The monoisotopic (exact) mass is 256 g/mol. The third-order valence-electron chi connectivity index (χ3n) is 3.90. The standard InChI is InChI=1S/C15H16N2O2/c1-17-9-12(13-8-14(18)16-13)11(15(17)19)7-10-5-3-2-4-6-10/h2-6,8,11-12H,7,9H2,1H3,(H,16,18). The number of hydrogen-bond acceptors (Lipinski definition) is 2. The van der Waals surface area contributed by atoms with Gasteiger partial charge in [-0.15, -0.1) is 0 Å². The summed E-state index contributed by atoms with van der Waals surface area (Å²) in [6, 6.07) is 10.0. The van der Waals surface area contributed by atoms with Crippen molar-refractivity contribution in [2.45, 2.75) is 6.42 Å². The van der Waals surface area contributed by atoms with Gasteiger partial charge in [0.1, 0.15) is 0 Å². The normalized spacial score (nSPS) is 25.9. The minimum absolute atomic E-state index is 0.0598. The molecule has 1 fully saturated rings. The van der Waals surface area contributed by atoms with Crippen LogP contribution in [0.2, 0.25) is 0 Å². The second-order valence-corrected chi connectivity index (χ2v) is 5.21. The van der Waals surface area contributed by atoms with Crippen LogP contribution in [0.25, 0.3) is 0 Å². The second kappa shape index (κ2) is 4.53. The molecule has 0 aromatic heterocycles. The smallest absolute Gasteiger partial charge is 0.249 e. The summed E-state index contributed by atoms with van der Waals surface area (Å²) in [5.74, 6) is 0.140. The van der Waals surface area contributed by atoms with E-state index in [9.17, 15) is 9.59 Å². The predicted octanol–water partition coefficient (Wildman–Crippen LogP) is 0.947. The molecular formula is C15H16N2O2. The molecule has 0 bridgehead atoms. The molecule has 4 heteroatoms. The first-order valence-electron chi connectivity index (χ1n) is 6.46. The fraction of sp³-hybridized carbons (Fsp3) is 0.333.